The molecule has 1 aliphatic heterocycles. The number of aromatic nitrogens is 2. The van der Waals surface area contributed by atoms with Gasteiger partial charge in [0.15, 0.2) is 0 Å². The summed E-state index contributed by atoms with van der Waals surface area (Å²) in [6, 6.07) is 0. The lowest BCUT2D eigenvalue weighted by Crippen LogP contribution is -2.33. The van der Waals surface area contributed by atoms with Crippen molar-refractivity contribution in [1.82, 2.24) is 14.7 Å². The number of piperidine rings is 1. The van der Waals surface area contributed by atoms with Crippen LogP contribution in [0.15, 0.2) is 10.7 Å². The molecule has 1 aromatic heterocycles. The van der Waals surface area contributed by atoms with E-state index in [1.54, 1.807) is 0 Å². The summed E-state index contributed by atoms with van der Waals surface area (Å²) in [6.45, 7) is 5.80. The molecular weight excluding hydrogens is 254 g/mol. The Labute approximate surface area is 99.6 Å². The third kappa shape index (κ3) is 2.61. The smallest absolute Gasteiger partial charge is 0.0663 e. The summed E-state index contributed by atoms with van der Waals surface area (Å²) in [5, 5.41) is 4.24. The quantitative estimate of drug-likeness (QED) is 0.824. The Morgan fingerprint density at radius 1 is 1.47 bits per heavy atom. The molecule has 1 fully saturated rings. The molecule has 4 heteroatoms. The summed E-state index contributed by atoms with van der Waals surface area (Å²) in [7, 11) is 2.01. The van der Waals surface area contributed by atoms with Gasteiger partial charge in [-0.05, 0) is 47.8 Å². The van der Waals surface area contributed by atoms with Crippen molar-refractivity contribution >= 4 is 15.9 Å². The Bertz CT molecular complexity index is 307. The molecule has 84 valence electrons. The molecular formula is C11H18BrN3. The SMILES string of the molecule is CC1CCN(Cc2c(Br)cnn2C)CC1. The van der Waals surface area contributed by atoms with Crippen LogP contribution < -0.4 is 0 Å². The lowest BCUT2D eigenvalue weighted by atomic mass is 9.99. The molecule has 1 aromatic rings. The second-order valence-corrected chi connectivity index (χ2v) is 5.38. The molecule has 1 saturated heterocycles. The molecule has 0 radical (unpaired) electrons. The van der Waals surface area contributed by atoms with Crippen LogP contribution in [-0.4, -0.2) is 27.8 Å². The van der Waals surface area contributed by atoms with Crippen molar-refractivity contribution < 1.29 is 0 Å². The highest BCUT2D eigenvalue weighted by Crippen LogP contribution is 2.21. The first kappa shape index (κ1) is 11.1. The van der Waals surface area contributed by atoms with Crippen LogP contribution in [0.5, 0.6) is 0 Å². The fraction of sp³-hybridized carbons (Fsp3) is 0.727. The van der Waals surface area contributed by atoms with Crippen molar-refractivity contribution in [3.8, 4) is 0 Å². The first-order valence-electron chi connectivity index (χ1n) is 5.55. The van der Waals surface area contributed by atoms with Gasteiger partial charge in [0.05, 0.1) is 16.4 Å². The van der Waals surface area contributed by atoms with Crippen molar-refractivity contribution in [3.63, 3.8) is 0 Å². The fourth-order valence-corrected chi connectivity index (χ4v) is 2.52. The van der Waals surface area contributed by atoms with Crippen molar-refractivity contribution in [1.29, 1.82) is 0 Å². The summed E-state index contributed by atoms with van der Waals surface area (Å²) >= 11 is 3.55. The van der Waals surface area contributed by atoms with Crippen LogP contribution in [0.4, 0.5) is 0 Å². The number of aryl methyl sites for hydroxylation is 1. The van der Waals surface area contributed by atoms with E-state index in [0.29, 0.717) is 0 Å². The molecule has 0 bridgehead atoms. The third-order valence-electron chi connectivity index (χ3n) is 3.26. The second-order valence-electron chi connectivity index (χ2n) is 4.52. The highest BCUT2D eigenvalue weighted by molar-refractivity contribution is 9.10. The van der Waals surface area contributed by atoms with Gasteiger partial charge in [-0.15, -0.1) is 0 Å². The lowest BCUT2D eigenvalue weighted by Gasteiger charge is -2.30. The average molecular weight is 272 g/mol. The Balaban J connectivity index is 1.97. The van der Waals surface area contributed by atoms with Gasteiger partial charge in [-0.25, -0.2) is 0 Å². The van der Waals surface area contributed by atoms with Crippen molar-refractivity contribution in [2.45, 2.75) is 26.3 Å². The van der Waals surface area contributed by atoms with Crippen LogP contribution in [-0.2, 0) is 13.6 Å². The first-order chi connectivity index (χ1) is 7.16. The molecule has 15 heavy (non-hydrogen) atoms. The molecule has 0 saturated carbocycles. The topological polar surface area (TPSA) is 21.1 Å². The zero-order chi connectivity index (χ0) is 10.8. The molecule has 1 aliphatic rings. The number of nitrogens with zero attached hydrogens (tertiary/aromatic N) is 3. The highest BCUT2D eigenvalue weighted by Gasteiger charge is 2.17. The molecule has 2 rings (SSSR count). The van der Waals surface area contributed by atoms with Crippen molar-refractivity contribution in [3.05, 3.63) is 16.4 Å². The van der Waals surface area contributed by atoms with Gasteiger partial charge in [0.25, 0.3) is 0 Å². The Kier molecular flexibility index (Phi) is 3.46. The van der Waals surface area contributed by atoms with E-state index in [1.165, 1.54) is 31.6 Å². The Morgan fingerprint density at radius 3 is 2.67 bits per heavy atom. The predicted molar refractivity (Wildman–Crippen MR) is 64.6 cm³/mol. The molecule has 0 aliphatic carbocycles. The molecule has 0 N–H and O–H groups in total. The van der Waals surface area contributed by atoms with Gasteiger partial charge >= 0.3 is 0 Å². The van der Waals surface area contributed by atoms with Crippen LogP contribution >= 0.6 is 15.9 Å². The fourth-order valence-electron chi connectivity index (χ4n) is 2.05. The number of likely N-dealkylation sites (tertiary alicyclic amines) is 1. The standard InChI is InChI=1S/C11H18BrN3/c1-9-3-5-15(6-4-9)8-11-10(12)7-13-14(11)2/h7,9H,3-6,8H2,1-2H3. The van der Waals surface area contributed by atoms with Crippen molar-refractivity contribution in [2.24, 2.45) is 13.0 Å². The van der Waals surface area contributed by atoms with Gasteiger partial charge in [0.1, 0.15) is 0 Å². The molecule has 2 heterocycles. The van der Waals surface area contributed by atoms with Gasteiger partial charge in [-0.3, -0.25) is 9.58 Å². The zero-order valence-corrected chi connectivity index (χ0v) is 11.0. The maximum absolute atomic E-state index is 4.24. The molecule has 0 atom stereocenters. The van der Waals surface area contributed by atoms with Crippen LogP contribution in [0.2, 0.25) is 0 Å². The van der Waals surface area contributed by atoms with E-state index in [9.17, 15) is 0 Å². The van der Waals surface area contributed by atoms with Crippen molar-refractivity contribution in [2.75, 3.05) is 13.1 Å². The first-order valence-corrected chi connectivity index (χ1v) is 6.35. The van der Waals surface area contributed by atoms with Crippen LogP contribution in [0, 0.1) is 5.92 Å². The maximum Gasteiger partial charge on any atom is 0.0663 e. The molecule has 0 aromatic carbocycles. The van der Waals surface area contributed by atoms with Gasteiger partial charge < -0.3 is 0 Å². The van der Waals surface area contributed by atoms with Crippen LogP contribution in [0.1, 0.15) is 25.5 Å². The van der Waals surface area contributed by atoms with Gasteiger partial charge in [-0.1, -0.05) is 6.92 Å². The summed E-state index contributed by atoms with van der Waals surface area (Å²) in [4.78, 5) is 2.52. The molecule has 0 amide bonds. The molecule has 0 unspecified atom stereocenters. The summed E-state index contributed by atoms with van der Waals surface area (Å²) < 4.78 is 3.09. The number of hydrogen-bond donors (Lipinski definition) is 0. The Morgan fingerprint density at radius 2 is 2.13 bits per heavy atom. The van der Waals surface area contributed by atoms with Gasteiger partial charge in [0, 0.05) is 13.6 Å². The Hall–Kier alpha value is -0.350. The van der Waals surface area contributed by atoms with Gasteiger partial charge in [-0.2, -0.15) is 5.10 Å². The normalized spacial score (nSPS) is 19.7. The van der Waals surface area contributed by atoms with Crippen LogP contribution in [0.25, 0.3) is 0 Å². The summed E-state index contributed by atoms with van der Waals surface area (Å²) in [5.41, 5.74) is 1.28. The number of hydrogen-bond acceptors (Lipinski definition) is 2. The van der Waals surface area contributed by atoms with E-state index in [0.717, 1.165) is 16.9 Å². The minimum absolute atomic E-state index is 0.899. The molecule has 0 spiro atoms. The highest BCUT2D eigenvalue weighted by atomic mass is 79.9. The summed E-state index contributed by atoms with van der Waals surface area (Å²) in [6.07, 6.45) is 4.53. The number of rotatable bonds is 2. The largest absolute Gasteiger partial charge is 0.297 e. The minimum atomic E-state index is 0.899. The van der Waals surface area contributed by atoms with E-state index in [-0.39, 0.29) is 0 Å². The number of halogens is 1. The van der Waals surface area contributed by atoms with Crippen LogP contribution in [0.3, 0.4) is 0 Å². The minimum Gasteiger partial charge on any atom is -0.297 e. The second kappa shape index (κ2) is 4.66. The average Bonchev–Trinajstić information content (AvgIpc) is 2.53. The zero-order valence-electron chi connectivity index (χ0n) is 9.41. The van der Waals surface area contributed by atoms with E-state index >= 15 is 0 Å². The predicted octanol–water partition coefficient (Wildman–Crippen LogP) is 2.41. The molecule has 3 nitrogen and oxygen atoms in total. The monoisotopic (exact) mass is 271 g/mol. The van der Waals surface area contributed by atoms with E-state index < -0.39 is 0 Å². The summed E-state index contributed by atoms with van der Waals surface area (Å²) in [5.74, 6) is 0.899. The maximum atomic E-state index is 4.24. The third-order valence-corrected chi connectivity index (χ3v) is 3.92. The van der Waals surface area contributed by atoms with E-state index in [1.807, 2.05) is 17.9 Å². The van der Waals surface area contributed by atoms with Gasteiger partial charge in [0.2, 0.25) is 0 Å². The van der Waals surface area contributed by atoms with E-state index in [4.69, 9.17) is 0 Å². The lowest BCUT2D eigenvalue weighted by molar-refractivity contribution is 0.181. The van der Waals surface area contributed by atoms with E-state index in [2.05, 4.69) is 32.9 Å².